The van der Waals surface area contributed by atoms with E-state index in [1.165, 1.54) is 25.7 Å². The second-order valence-electron chi connectivity index (χ2n) is 7.66. The number of amides is 2. The van der Waals surface area contributed by atoms with E-state index in [4.69, 9.17) is 4.74 Å². The number of urea groups is 1. The van der Waals surface area contributed by atoms with Gasteiger partial charge in [0.15, 0.2) is 0 Å². The molecule has 0 spiro atoms. The van der Waals surface area contributed by atoms with Crippen LogP contribution in [-0.2, 0) is 4.74 Å². The summed E-state index contributed by atoms with van der Waals surface area (Å²) in [7, 11) is 0. The molecule has 3 aliphatic rings. The zero-order valence-corrected chi connectivity index (χ0v) is 14.5. The molecule has 1 aromatic heterocycles. The first-order chi connectivity index (χ1) is 11.7. The third-order valence-corrected chi connectivity index (χ3v) is 5.53. The van der Waals surface area contributed by atoms with Crippen molar-refractivity contribution in [3.8, 4) is 0 Å². The van der Waals surface area contributed by atoms with E-state index in [1.54, 1.807) is 6.20 Å². The van der Waals surface area contributed by atoms with Gasteiger partial charge in [-0.2, -0.15) is 5.10 Å². The molecule has 0 aromatic carbocycles. The van der Waals surface area contributed by atoms with Gasteiger partial charge >= 0.3 is 6.03 Å². The Balaban J connectivity index is 1.32. The van der Waals surface area contributed by atoms with Gasteiger partial charge in [-0.05, 0) is 57.3 Å². The maximum atomic E-state index is 12.6. The van der Waals surface area contributed by atoms with Crippen molar-refractivity contribution in [2.75, 3.05) is 25.0 Å². The van der Waals surface area contributed by atoms with Crippen LogP contribution in [0.1, 0.15) is 51.5 Å². The second-order valence-corrected chi connectivity index (χ2v) is 7.66. The Morgan fingerprint density at radius 2 is 2.21 bits per heavy atom. The molecular weight excluding hydrogens is 304 g/mol. The summed E-state index contributed by atoms with van der Waals surface area (Å²) in [4.78, 5) is 14.5. The molecule has 2 atom stereocenters. The van der Waals surface area contributed by atoms with Gasteiger partial charge < -0.3 is 9.64 Å². The van der Waals surface area contributed by atoms with E-state index < -0.39 is 0 Å². The Kier molecular flexibility index (Phi) is 4.48. The first-order valence-electron chi connectivity index (χ1n) is 9.41. The SMILES string of the molecule is CC(C1CC1)n1nccc1NC(=O)N1CCCC(OCC2CC2)C1. The van der Waals surface area contributed by atoms with Crippen LogP contribution in [0.4, 0.5) is 10.6 Å². The number of hydrogen-bond acceptors (Lipinski definition) is 3. The molecule has 1 saturated heterocycles. The Hall–Kier alpha value is -1.56. The van der Waals surface area contributed by atoms with Crippen LogP contribution in [0, 0.1) is 11.8 Å². The number of aromatic nitrogens is 2. The number of anilines is 1. The summed E-state index contributed by atoms with van der Waals surface area (Å²) in [6.45, 7) is 4.56. The largest absolute Gasteiger partial charge is 0.376 e. The molecular formula is C18H28N4O2. The molecule has 6 heteroatoms. The predicted molar refractivity (Wildman–Crippen MR) is 92.0 cm³/mol. The Morgan fingerprint density at radius 3 is 2.96 bits per heavy atom. The lowest BCUT2D eigenvalue weighted by Crippen LogP contribution is -2.45. The molecule has 6 nitrogen and oxygen atoms in total. The summed E-state index contributed by atoms with van der Waals surface area (Å²) < 4.78 is 7.94. The third-order valence-electron chi connectivity index (χ3n) is 5.53. The van der Waals surface area contributed by atoms with Crippen LogP contribution < -0.4 is 5.32 Å². The van der Waals surface area contributed by atoms with E-state index in [1.807, 2.05) is 15.6 Å². The van der Waals surface area contributed by atoms with Crippen LogP contribution in [0.3, 0.4) is 0 Å². The monoisotopic (exact) mass is 332 g/mol. The molecule has 1 N–H and O–H groups in total. The molecule has 24 heavy (non-hydrogen) atoms. The Morgan fingerprint density at radius 1 is 1.38 bits per heavy atom. The van der Waals surface area contributed by atoms with Crippen molar-refractivity contribution in [2.45, 2.75) is 57.6 Å². The van der Waals surface area contributed by atoms with Crippen molar-refractivity contribution in [1.29, 1.82) is 0 Å². The fraction of sp³-hybridized carbons (Fsp3) is 0.778. The van der Waals surface area contributed by atoms with E-state index in [2.05, 4.69) is 17.3 Å². The number of carbonyl (C=O) groups is 1. The molecule has 0 bridgehead atoms. The average Bonchev–Trinajstić information content (AvgIpc) is 3.51. The first kappa shape index (κ1) is 15.9. The first-order valence-corrected chi connectivity index (χ1v) is 9.41. The third kappa shape index (κ3) is 3.74. The van der Waals surface area contributed by atoms with Crippen LogP contribution in [0.5, 0.6) is 0 Å². The van der Waals surface area contributed by atoms with Crippen LogP contribution in [0.25, 0.3) is 0 Å². The molecule has 2 saturated carbocycles. The van der Waals surface area contributed by atoms with E-state index in [0.717, 1.165) is 37.7 Å². The minimum atomic E-state index is -0.0283. The van der Waals surface area contributed by atoms with Gasteiger partial charge in [0.1, 0.15) is 5.82 Å². The van der Waals surface area contributed by atoms with Gasteiger partial charge in [-0.25, -0.2) is 9.48 Å². The van der Waals surface area contributed by atoms with Gasteiger partial charge in [0, 0.05) is 25.8 Å². The van der Waals surface area contributed by atoms with Gasteiger partial charge in [-0.15, -0.1) is 0 Å². The van der Waals surface area contributed by atoms with Gasteiger partial charge in [-0.1, -0.05) is 0 Å². The zero-order chi connectivity index (χ0) is 16.5. The molecule has 0 radical (unpaired) electrons. The lowest BCUT2D eigenvalue weighted by atomic mass is 10.1. The lowest BCUT2D eigenvalue weighted by molar-refractivity contribution is 0.00595. The van der Waals surface area contributed by atoms with Crippen LogP contribution in [-0.4, -0.2) is 46.5 Å². The van der Waals surface area contributed by atoms with Crippen LogP contribution in [0.15, 0.2) is 12.3 Å². The Labute approximate surface area is 143 Å². The minimum Gasteiger partial charge on any atom is -0.376 e. The normalized spacial score (nSPS) is 25.5. The predicted octanol–water partition coefficient (Wildman–Crippen LogP) is 3.28. The van der Waals surface area contributed by atoms with Gasteiger partial charge in [-0.3, -0.25) is 5.32 Å². The summed E-state index contributed by atoms with van der Waals surface area (Å²) in [6.07, 6.45) is 9.18. The minimum absolute atomic E-state index is 0.0283. The van der Waals surface area contributed by atoms with E-state index in [9.17, 15) is 4.79 Å². The average molecular weight is 332 g/mol. The maximum Gasteiger partial charge on any atom is 0.323 e. The van der Waals surface area contributed by atoms with Crippen molar-refractivity contribution in [3.05, 3.63) is 12.3 Å². The summed E-state index contributed by atoms with van der Waals surface area (Å²) in [5.74, 6) is 2.28. The zero-order valence-electron chi connectivity index (χ0n) is 14.5. The maximum absolute atomic E-state index is 12.6. The molecule has 2 heterocycles. The van der Waals surface area contributed by atoms with Crippen molar-refractivity contribution in [1.82, 2.24) is 14.7 Å². The van der Waals surface area contributed by atoms with Crippen molar-refractivity contribution in [3.63, 3.8) is 0 Å². The van der Waals surface area contributed by atoms with Crippen molar-refractivity contribution >= 4 is 11.8 Å². The number of likely N-dealkylation sites (tertiary alicyclic amines) is 1. The molecule has 1 aromatic rings. The van der Waals surface area contributed by atoms with Crippen molar-refractivity contribution < 1.29 is 9.53 Å². The second kappa shape index (κ2) is 6.75. The Bertz CT molecular complexity index is 579. The van der Waals surface area contributed by atoms with Gasteiger partial charge in [0.05, 0.1) is 18.3 Å². The number of carbonyl (C=O) groups excluding carboxylic acids is 1. The molecule has 2 unspecified atom stereocenters. The topological polar surface area (TPSA) is 59.4 Å². The van der Waals surface area contributed by atoms with Crippen LogP contribution in [0.2, 0.25) is 0 Å². The number of piperidine rings is 1. The molecule has 1 aliphatic heterocycles. The summed E-state index contributed by atoms with van der Waals surface area (Å²) >= 11 is 0. The smallest absolute Gasteiger partial charge is 0.323 e. The molecule has 132 valence electrons. The van der Waals surface area contributed by atoms with Crippen molar-refractivity contribution in [2.24, 2.45) is 11.8 Å². The molecule has 2 aliphatic carbocycles. The molecule has 4 rings (SSSR count). The summed E-state index contributed by atoms with van der Waals surface area (Å²) in [5, 5.41) is 7.46. The van der Waals surface area contributed by atoms with E-state index in [0.29, 0.717) is 18.5 Å². The molecule has 2 amide bonds. The molecule has 3 fully saturated rings. The highest BCUT2D eigenvalue weighted by Crippen LogP contribution is 2.40. The lowest BCUT2D eigenvalue weighted by Gasteiger charge is -2.32. The highest BCUT2D eigenvalue weighted by atomic mass is 16.5. The standard InChI is InChI=1S/C18H28N4O2/c1-13(15-6-7-15)22-17(8-9-19-22)20-18(23)21-10-2-3-16(11-21)24-12-14-4-5-14/h8-9,13-16H,2-7,10-12H2,1H3,(H,20,23). The number of rotatable bonds is 6. The van der Waals surface area contributed by atoms with Crippen LogP contribution >= 0.6 is 0 Å². The summed E-state index contributed by atoms with van der Waals surface area (Å²) in [6, 6.07) is 2.22. The number of nitrogens with one attached hydrogen (secondary N) is 1. The quantitative estimate of drug-likeness (QED) is 0.870. The highest BCUT2D eigenvalue weighted by molar-refractivity contribution is 5.88. The number of nitrogens with zero attached hydrogens (tertiary/aromatic N) is 3. The van der Waals surface area contributed by atoms with E-state index in [-0.39, 0.29) is 12.1 Å². The van der Waals surface area contributed by atoms with E-state index >= 15 is 0 Å². The summed E-state index contributed by atoms with van der Waals surface area (Å²) in [5.41, 5.74) is 0. The fourth-order valence-corrected chi connectivity index (χ4v) is 3.52. The van der Waals surface area contributed by atoms with Gasteiger partial charge in [0.2, 0.25) is 0 Å². The van der Waals surface area contributed by atoms with Gasteiger partial charge in [0.25, 0.3) is 0 Å². The number of hydrogen-bond donors (Lipinski definition) is 1. The fourth-order valence-electron chi connectivity index (χ4n) is 3.52. The highest BCUT2D eigenvalue weighted by Gasteiger charge is 2.32. The number of ether oxygens (including phenoxy) is 1.